The zero-order valence-electron chi connectivity index (χ0n) is 16.0. The van der Waals surface area contributed by atoms with Crippen molar-refractivity contribution in [1.29, 1.82) is 0 Å². The van der Waals surface area contributed by atoms with Crippen LogP contribution in [0.3, 0.4) is 0 Å². The van der Waals surface area contributed by atoms with Crippen LogP contribution in [0, 0.1) is 5.92 Å². The zero-order chi connectivity index (χ0) is 21.3. The molecule has 3 amide bonds. The van der Waals surface area contributed by atoms with Crippen LogP contribution in [0.25, 0.3) is 0 Å². The first kappa shape index (κ1) is 23.3. The molecule has 1 aliphatic heterocycles. The standard InChI is InChI=1S/C17H28N4O7/c1-3-9(2)14(17(27)28)21-16(26)11(7-13(23)24)20-12(22)8-19-15(25)10-5-4-6-18-10/h9-11,14,18H,3-8H2,1-2H3,(H,19,25)(H,20,22)(H,21,26)(H,23,24)(H,27,28). The fourth-order valence-electron chi connectivity index (χ4n) is 2.77. The fourth-order valence-corrected chi connectivity index (χ4v) is 2.77. The maximum absolute atomic E-state index is 12.3. The lowest BCUT2D eigenvalue weighted by Gasteiger charge is -2.23. The molecule has 0 aliphatic carbocycles. The first-order chi connectivity index (χ1) is 13.1. The molecule has 0 aromatic heterocycles. The first-order valence-corrected chi connectivity index (χ1v) is 9.21. The van der Waals surface area contributed by atoms with Crippen molar-refractivity contribution in [3.8, 4) is 0 Å². The summed E-state index contributed by atoms with van der Waals surface area (Å²) < 4.78 is 0. The molecule has 1 aliphatic rings. The number of aliphatic carboxylic acids is 2. The lowest BCUT2D eigenvalue weighted by Crippen LogP contribution is -2.55. The Morgan fingerprint density at radius 2 is 1.82 bits per heavy atom. The molecule has 0 spiro atoms. The zero-order valence-corrected chi connectivity index (χ0v) is 16.0. The van der Waals surface area contributed by atoms with E-state index in [1.807, 2.05) is 0 Å². The minimum atomic E-state index is -1.46. The van der Waals surface area contributed by atoms with Crippen molar-refractivity contribution in [1.82, 2.24) is 21.3 Å². The molecule has 0 aromatic rings. The van der Waals surface area contributed by atoms with E-state index in [-0.39, 0.29) is 17.9 Å². The second-order valence-corrected chi connectivity index (χ2v) is 6.79. The minimum Gasteiger partial charge on any atom is -0.481 e. The van der Waals surface area contributed by atoms with Gasteiger partial charge in [-0.3, -0.25) is 19.2 Å². The topological polar surface area (TPSA) is 174 Å². The average Bonchev–Trinajstić information content (AvgIpc) is 3.16. The fraction of sp³-hybridized carbons (Fsp3) is 0.706. The Balaban J connectivity index is 2.65. The van der Waals surface area contributed by atoms with Crippen LogP contribution in [-0.2, 0) is 24.0 Å². The molecule has 4 atom stereocenters. The molecule has 11 nitrogen and oxygen atoms in total. The first-order valence-electron chi connectivity index (χ1n) is 9.21. The highest BCUT2D eigenvalue weighted by Gasteiger charge is 2.31. The van der Waals surface area contributed by atoms with Gasteiger partial charge in [0, 0.05) is 0 Å². The molecule has 158 valence electrons. The van der Waals surface area contributed by atoms with Crippen molar-refractivity contribution in [2.24, 2.45) is 5.92 Å². The molecule has 28 heavy (non-hydrogen) atoms. The van der Waals surface area contributed by atoms with Crippen molar-refractivity contribution in [3.05, 3.63) is 0 Å². The van der Waals surface area contributed by atoms with Crippen LogP contribution in [0.15, 0.2) is 0 Å². The number of carboxylic acid groups (broad SMARTS) is 2. The minimum absolute atomic E-state index is 0.352. The van der Waals surface area contributed by atoms with E-state index in [0.29, 0.717) is 19.4 Å². The van der Waals surface area contributed by atoms with Gasteiger partial charge in [-0.2, -0.15) is 0 Å². The monoisotopic (exact) mass is 400 g/mol. The molecule has 0 saturated carbocycles. The second kappa shape index (κ2) is 11.2. The summed E-state index contributed by atoms with van der Waals surface area (Å²) in [7, 11) is 0. The van der Waals surface area contributed by atoms with Crippen LogP contribution >= 0.6 is 0 Å². The summed E-state index contributed by atoms with van der Waals surface area (Å²) in [4.78, 5) is 58.6. The molecule has 4 unspecified atom stereocenters. The molecule has 0 radical (unpaired) electrons. The summed E-state index contributed by atoms with van der Waals surface area (Å²) in [5, 5.41) is 28.1. The third-order valence-corrected chi connectivity index (χ3v) is 4.61. The lowest BCUT2D eigenvalue weighted by molar-refractivity contribution is -0.144. The van der Waals surface area contributed by atoms with Crippen molar-refractivity contribution in [3.63, 3.8) is 0 Å². The van der Waals surface area contributed by atoms with E-state index in [1.165, 1.54) is 0 Å². The Morgan fingerprint density at radius 3 is 2.32 bits per heavy atom. The predicted molar refractivity (Wildman–Crippen MR) is 97.2 cm³/mol. The van der Waals surface area contributed by atoms with E-state index < -0.39 is 48.8 Å². The Morgan fingerprint density at radius 1 is 1.14 bits per heavy atom. The van der Waals surface area contributed by atoms with Gasteiger partial charge < -0.3 is 31.5 Å². The number of hydrogen-bond donors (Lipinski definition) is 6. The normalized spacial score (nSPS) is 19.1. The van der Waals surface area contributed by atoms with Crippen LogP contribution in [0.4, 0.5) is 0 Å². The van der Waals surface area contributed by atoms with Crippen molar-refractivity contribution >= 4 is 29.7 Å². The third-order valence-electron chi connectivity index (χ3n) is 4.61. The van der Waals surface area contributed by atoms with Gasteiger partial charge >= 0.3 is 11.9 Å². The van der Waals surface area contributed by atoms with Gasteiger partial charge in [-0.05, 0) is 25.3 Å². The maximum Gasteiger partial charge on any atom is 0.326 e. The summed E-state index contributed by atoms with van der Waals surface area (Å²) in [5.41, 5.74) is 0. The van der Waals surface area contributed by atoms with E-state index in [2.05, 4.69) is 21.3 Å². The Bertz CT molecular complexity index is 604. The average molecular weight is 400 g/mol. The van der Waals surface area contributed by atoms with Gasteiger partial charge in [0.05, 0.1) is 19.0 Å². The molecule has 1 heterocycles. The van der Waals surface area contributed by atoms with Crippen molar-refractivity contribution in [2.75, 3.05) is 13.1 Å². The molecule has 1 fully saturated rings. The largest absolute Gasteiger partial charge is 0.481 e. The Labute approximate surface area is 162 Å². The van der Waals surface area contributed by atoms with Gasteiger partial charge in [-0.25, -0.2) is 4.79 Å². The van der Waals surface area contributed by atoms with Crippen LogP contribution in [0.1, 0.15) is 39.5 Å². The van der Waals surface area contributed by atoms with Crippen LogP contribution in [0.5, 0.6) is 0 Å². The molecule has 0 aromatic carbocycles. The molecule has 6 N–H and O–H groups in total. The van der Waals surface area contributed by atoms with E-state index in [0.717, 1.165) is 6.42 Å². The van der Waals surface area contributed by atoms with Gasteiger partial charge in [0.2, 0.25) is 17.7 Å². The molecular formula is C17H28N4O7. The van der Waals surface area contributed by atoms with Gasteiger partial charge in [0.25, 0.3) is 0 Å². The number of amides is 3. The second-order valence-electron chi connectivity index (χ2n) is 6.79. The molecule has 1 saturated heterocycles. The smallest absolute Gasteiger partial charge is 0.326 e. The molecule has 11 heteroatoms. The molecule has 0 bridgehead atoms. The third kappa shape index (κ3) is 7.51. The SMILES string of the molecule is CCC(C)C(NC(=O)C(CC(=O)O)NC(=O)CNC(=O)C1CCCN1)C(=O)O. The number of nitrogens with one attached hydrogen (secondary N) is 4. The Hall–Kier alpha value is -2.69. The van der Waals surface area contributed by atoms with Gasteiger partial charge in [0.15, 0.2) is 0 Å². The number of rotatable bonds is 11. The highest BCUT2D eigenvalue weighted by molar-refractivity contribution is 5.94. The summed E-state index contributed by atoms with van der Waals surface area (Å²) in [6.45, 7) is 3.68. The summed E-state index contributed by atoms with van der Waals surface area (Å²) in [6, 6.07) is -3.05. The maximum atomic E-state index is 12.3. The summed E-state index contributed by atoms with van der Waals surface area (Å²) >= 11 is 0. The van der Waals surface area contributed by atoms with Crippen LogP contribution < -0.4 is 21.3 Å². The summed E-state index contributed by atoms with van der Waals surface area (Å²) in [6.07, 6.45) is 1.27. The molecular weight excluding hydrogens is 372 g/mol. The number of carbonyl (C=O) groups excluding carboxylic acids is 3. The summed E-state index contributed by atoms with van der Waals surface area (Å²) in [5.74, 6) is -4.99. The predicted octanol–water partition coefficient (Wildman–Crippen LogP) is -1.57. The quantitative estimate of drug-likeness (QED) is 0.241. The molecule has 1 rings (SSSR count). The van der Waals surface area contributed by atoms with E-state index in [9.17, 15) is 29.1 Å². The van der Waals surface area contributed by atoms with E-state index >= 15 is 0 Å². The van der Waals surface area contributed by atoms with Crippen molar-refractivity contribution in [2.45, 2.75) is 57.7 Å². The van der Waals surface area contributed by atoms with E-state index in [4.69, 9.17) is 5.11 Å². The van der Waals surface area contributed by atoms with Crippen LogP contribution in [-0.4, -0.2) is 71.1 Å². The van der Waals surface area contributed by atoms with Gasteiger partial charge in [-0.15, -0.1) is 0 Å². The number of carboxylic acids is 2. The number of carbonyl (C=O) groups is 5. The lowest BCUT2D eigenvalue weighted by atomic mass is 9.98. The number of hydrogen-bond acceptors (Lipinski definition) is 6. The van der Waals surface area contributed by atoms with Crippen LogP contribution in [0.2, 0.25) is 0 Å². The highest BCUT2D eigenvalue weighted by Crippen LogP contribution is 2.09. The van der Waals surface area contributed by atoms with E-state index in [1.54, 1.807) is 13.8 Å². The highest BCUT2D eigenvalue weighted by atomic mass is 16.4. The van der Waals surface area contributed by atoms with Gasteiger partial charge in [-0.1, -0.05) is 20.3 Å². The van der Waals surface area contributed by atoms with Gasteiger partial charge in [0.1, 0.15) is 12.1 Å². The van der Waals surface area contributed by atoms with Crippen molar-refractivity contribution < 1.29 is 34.2 Å². The Kier molecular flexibility index (Phi) is 9.36.